The molecule has 4 heteroatoms. The number of aryl methyl sites for hydroxylation is 4. The predicted molar refractivity (Wildman–Crippen MR) is 193 cm³/mol. The summed E-state index contributed by atoms with van der Waals surface area (Å²) in [6, 6.07) is 40.5. The van der Waals surface area contributed by atoms with E-state index in [0.29, 0.717) is 0 Å². The summed E-state index contributed by atoms with van der Waals surface area (Å²) >= 11 is 0. The molecule has 0 fully saturated rings. The molecule has 3 heterocycles. The molecule has 0 aliphatic carbocycles. The van der Waals surface area contributed by atoms with E-state index < -0.39 is 0 Å². The monoisotopic (exact) mass is 790 g/mol. The maximum Gasteiger partial charge on any atom is 0.0454 e. The van der Waals surface area contributed by atoms with Crippen LogP contribution in [0.4, 0.5) is 0 Å². The van der Waals surface area contributed by atoms with Crippen molar-refractivity contribution >= 4 is 21.5 Å². The Morgan fingerprint density at radius 3 is 2.11 bits per heavy atom. The minimum Gasteiger partial charge on any atom is -0.305 e. The van der Waals surface area contributed by atoms with E-state index >= 15 is 0 Å². The molecule has 0 aliphatic rings. The Hall–Kier alpha value is -4.50. The third-order valence-corrected chi connectivity index (χ3v) is 8.29. The molecule has 47 heavy (non-hydrogen) atoms. The van der Waals surface area contributed by atoms with Crippen LogP contribution in [0.2, 0.25) is 0 Å². The van der Waals surface area contributed by atoms with Crippen molar-refractivity contribution < 1.29 is 20.1 Å². The fourth-order valence-corrected chi connectivity index (χ4v) is 6.02. The number of pyridine rings is 3. The molecule has 0 bridgehead atoms. The largest absolute Gasteiger partial charge is 0.305 e. The standard InChI is InChI=1S/C22H19N2.C21H20N.Ir/c1-13-9-14(2)11-17(10-13)22-20-6-5-18-16(4)24-15(3)12-21(18)19(20)7-8-23-22;1-21(2,3)19-12-13-22-20(15-19)18-11-7-10-17(14-18)16-8-5-4-6-9-16;/h5-10,12H,1-4H3;4-10,12-15H,1-3H3;/q2*-1;. The summed E-state index contributed by atoms with van der Waals surface area (Å²) in [4.78, 5) is 13.8. The molecule has 0 unspecified atom stereocenters. The van der Waals surface area contributed by atoms with Gasteiger partial charge in [0.1, 0.15) is 0 Å². The van der Waals surface area contributed by atoms with Gasteiger partial charge in [0.2, 0.25) is 0 Å². The molecule has 0 amide bonds. The number of hydrogen-bond acceptors (Lipinski definition) is 3. The van der Waals surface area contributed by atoms with Crippen LogP contribution in [0.15, 0.2) is 109 Å². The van der Waals surface area contributed by atoms with Gasteiger partial charge in [-0.3, -0.25) is 4.98 Å². The first-order chi connectivity index (χ1) is 22.1. The smallest absolute Gasteiger partial charge is 0.0454 e. The van der Waals surface area contributed by atoms with Crippen LogP contribution in [0.25, 0.3) is 55.2 Å². The van der Waals surface area contributed by atoms with Crippen LogP contribution in [-0.2, 0) is 25.5 Å². The number of benzene rings is 4. The fourth-order valence-electron chi connectivity index (χ4n) is 6.02. The van der Waals surface area contributed by atoms with Gasteiger partial charge in [-0.25, -0.2) is 0 Å². The molecule has 3 aromatic heterocycles. The Morgan fingerprint density at radius 2 is 1.36 bits per heavy atom. The van der Waals surface area contributed by atoms with Crippen molar-refractivity contribution in [1.82, 2.24) is 15.0 Å². The zero-order chi connectivity index (χ0) is 32.4. The number of aromatic nitrogens is 3. The Balaban J connectivity index is 0.000000181. The van der Waals surface area contributed by atoms with Crippen molar-refractivity contribution in [2.45, 2.75) is 53.9 Å². The van der Waals surface area contributed by atoms with Crippen LogP contribution in [0, 0.1) is 39.8 Å². The molecule has 0 N–H and O–H groups in total. The predicted octanol–water partition coefficient (Wildman–Crippen LogP) is 11.0. The first-order valence-electron chi connectivity index (χ1n) is 15.8. The van der Waals surface area contributed by atoms with Crippen molar-refractivity contribution in [3.8, 4) is 33.6 Å². The molecular formula is C43H39IrN3-2. The molecule has 0 aliphatic heterocycles. The quantitative estimate of drug-likeness (QED) is 0.132. The van der Waals surface area contributed by atoms with E-state index in [4.69, 9.17) is 0 Å². The Labute approximate surface area is 292 Å². The number of fused-ring (bicyclic) bond motifs is 3. The van der Waals surface area contributed by atoms with E-state index in [2.05, 4.69) is 154 Å². The Bertz CT molecular complexity index is 2160. The van der Waals surface area contributed by atoms with Crippen molar-refractivity contribution in [3.63, 3.8) is 0 Å². The van der Waals surface area contributed by atoms with Gasteiger partial charge in [0.25, 0.3) is 0 Å². The molecule has 237 valence electrons. The van der Waals surface area contributed by atoms with Crippen molar-refractivity contribution in [2.24, 2.45) is 0 Å². The molecule has 4 aromatic carbocycles. The van der Waals surface area contributed by atoms with Gasteiger partial charge >= 0.3 is 0 Å². The Morgan fingerprint density at radius 1 is 0.617 bits per heavy atom. The van der Waals surface area contributed by atoms with Gasteiger partial charge in [0, 0.05) is 49.3 Å². The average molecular weight is 790 g/mol. The summed E-state index contributed by atoms with van der Waals surface area (Å²) in [5.41, 5.74) is 12.4. The van der Waals surface area contributed by atoms with Crippen molar-refractivity contribution in [1.29, 1.82) is 0 Å². The van der Waals surface area contributed by atoms with E-state index in [1.807, 2.05) is 31.5 Å². The van der Waals surface area contributed by atoms with Gasteiger partial charge in [0.05, 0.1) is 0 Å². The number of nitrogens with zero attached hydrogens (tertiary/aromatic N) is 3. The zero-order valence-corrected chi connectivity index (χ0v) is 30.5. The third-order valence-electron chi connectivity index (χ3n) is 8.29. The molecule has 0 saturated carbocycles. The van der Waals surface area contributed by atoms with E-state index in [0.717, 1.165) is 44.9 Å². The zero-order valence-electron chi connectivity index (χ0n) is 28.1. The second-order valence-electron chi connectivity index (χ2n) is 13.1. The summed E-state index contributed by atoms with van der Waals surface area (Å²) in [5.74, 6) is 0. The average Bonchev–Trinajstić information content (AvgIpc) is 3.04. The summed E-state index contributed by atoms with van der Waals surface area (Å²) in [6.07, 6.45) is 3.78. The van der Waals surface area contributed by atoms with Gasteiger partial charge < -0.3 is 9.97 Å². The summed E-state index contributed by atoms with van der Waals surface area (Å²) in [6.45, 7) is 15.0. The minimum atomic E-state index is 0. The van der Waals surface area contributed by atoms with Crippen LogP contribution in [0.3, 0.4) is 0 Å². The molecule has 7 rings (SSSR count). The molecule has 3 nitrogen and oxygen atoms in total. The van der Waals surface area contributed by atoms with Crippen molar-refractivity contribution in [3.05, 3.63) is 150 Å². The van der Waals surface area contributed by atoms with Crippen LogP contribution in [-0.4, -0.2) is 15.0 Å². The molecular weight excluding hydrogens is 751 g/mol. The first-order valence-corrected chi connectivity index (χ1v) is 15.8. The van der Waals surface area contributed by atoms with Gasteiger partial charge in [-0.2, -0.15) is 0 Å². The molecule has 0 atom stereocenters. The van der Waals surface area contributed by atoms with E-state index in [-0.39, 0.29) is 25.5 Å². The van der Waals surface area contributed by atoms with Gasteiger partial charge in [-0.05, 0) is 76.1 Å². The van der Waals surface area contributed by atoms with Gasteiger partial charge in [-0.15, -0.1) is 70.3 Å². The third kappa shape index (κ3) is 7.57. The SMILES string of the molecule is CC(C)(C)c1ccnc(-c2[c-]ccc(-c3ccccc3)c2)c1.Cc1[c-]c(-c2nccc3c2ccc2c(C)nc(C)cc23)cc(C)c1.[Ir]. The second-order valence-corrected chi connectivity index (χ2v) is 13.1. The topological polar surface area (TPSA) is 38.7 Å². The summed E-state index contributed by atoms with van der Waals surface area (Å²) < 4.78 is 0. The summed E-state index contributed by atoms with van der Waals surface area (Å²) in [5, 5.41) is 4.83. The maximum atomic E-state index is 4.66. The summed E-state index contributed by atoms with van der Waals surface area (Å²) in [7, 11) is 0. The van der Waals surface area contributed by atoms with Crippen LogP contribution >= 0.6 is 0 Å². The molecule has 0 spiro atoms. The second kappa shape index (κ2) is 14.1. The first kappa shape index (κ1) is 33.9. The molecule has 1 radical (unpaired) electrons. The normalized spacial score (nSPS) is 11.1. The maximum absolute atomic E-state index is 4.66. The van der Waals surface area contributed by atoms with E-state index in [1.165, 1.54) is 38.4 Å². The van der Waals surface area contributed by atoms with Gasteiger partial charge in [-0.1, -0.05) is 83.1 Å². The van der Waals surface area contributed by atoms with E-state index in [1.54, 1.807) is 0 Å². The number of rotatable bonds is 3. The van der Waals surface area contributed by atoms with Crippen LogP contribution in [0.5, 0.6) is 0 Å². The Kier molecular flexibility index (Phi) is 10.1. The fraction of sp³-hybridized carbons (Fsp3) is 0.186. The van der Waals surface area contributed by atoms with Crippen molar-refractivity contribution in [2.75, 3.05) is 0 Å². The minimum absolute atomic E-state index is 0. The molecule has 7 aromatic rings. The van der Waals surface area contributed by atoms with Crippen LogP contribution < -0.4 is 0 Å². The van der Waals surface area contributed by atoms with E-state index in [9.17, 15) is 0 Å². The van der Waals surface area contributed by atoms with Gasteiger partial charge in [0.15, 0.2) is 0 Å². The van der Waals surface area contributed by atoms with Crippen LogP contribution in [0.1, 0.15) is 48.8 Å². The number of hydrogen-bond donors (Lipinski definition) is 0. The molecule has 0 saturated heterocycles.